The molecule has 2 aromatic rings. The van der Waals surface area contributed by atoms with Gasteiger partial charge in [0.05, 0.1) is 25.6 Å². The van der Waals surface area contributed by atoms with Gasteiger partial charge in [0, 0.05) is 17.7 Å². The molecule has 2 rings (SSSR count). The maximum atomic E-state index is 12.5. The monoisotopic (exact) mass is 398 g/mol. The first-order chi connectivity index (χ1) is 13.9. The number of ether oxygens (including phenoxy) is 2. The van der Waals surface area contributed by atoms with Crippen LogP contribution in [-0.4, -0.2) is 37.5 Å². The smallest absolute Gasteiger partial charge is 0.316 e. The number of Topliss-reactive ketones (excluding diaryl/α,β-unsaturated/α-hetero) is 1. The third-order valence-electron chi connectivity index (χ3n) is 3.72. The van der Waals surface area contributed by atoms with Gasteiger partial charge in [0.15, 0.2) is 11.5 Å². The number of rotatable bonds is 8. The van der Waals surface area contributed by atoms with Crippen LogP contribution in [0, 0.1) is 4.91 Å². The molecule has 0 fully saturated rings. The van der Waals surface area contributed by atoms with E-state index in [1.54, 1.807) is 24.3 Å². The van der Waals surface area contributed by atoms with Gasteiger partial charge in [-0.3, -0.25) is 19.8 Å². The molecule has 0 atom stereocenters. The molecule has 0 heterocycles. The fourth-order valence-corrected chi connectivity index (χ4v) is 2.32. The number of ketones is 1. The van der Waals surface area contributed by atoms with Crippen LogP contribution in [0.1, 0.15) is 17.3 Å². The lowest BCUT2D eigenvalue weighted by Gasteiger charge is -2.11. The Labute approximate surface area is 165 Å². The van der Waals surface area contributed by atoms with Gasteiger partial charge in [-0.2, -0.15) is 5.10 Å². The van der Waals surface area contributed by atoms with E-state index in [2.05, 4.69) is 21.0 Å². The normalized spacial score (nSPS) is 10.7. The van der Waals surface area contributed by atoms with Crippen molar-refractivity contribution in [2.45, 2.75) is 6.92 Å². The predicted octanol–water partition coefficient (Wildman–Crippen LogP) is 2.61. The van der Waals surface area contributed by atoms with Crippen molar-refractivity contribution in [3.05, 3.63) is 52.9 Å². The number of carbonyl (C=O) groups excluding carboxylic acids is 3. The first-order valence-electron chi connectivity index (χ1n) is 8.26. The fourth-order valence-electron chi connectivity index (χ4n) is 2.32. The zero-order chi connectivity index (χ0) is 21.4. The second-order valence-electron chi connectivity index (χ2n) is 5.59. The van der Waals surface area contributed by atoms with Crippen LogP contribution in [0.4, 0.5) is 11.4 Å². The Morgan fingerprint density at radius 3 is 2.21 bits per heavy atom. The average molecular weight is 398 g/mol. The molecule has 0 aromatic heterocycles. The molecular weight excluding hydrogens is 380 g/mol. The summed E-state index contributed by atoms with van der Waals surface area (Å²) in [6.45, 7) is 1.18. The Balaban J connectivity index is 2.31. The van der Waals surface area contributed by atoms with Gasteiger partial charge in [0.25, 0.3) is 5.91 Å². The van der Waals surface area contributed by atoms with Crippen LogP contribution in [0.3, 0.4) is 0 Å². The van der Waals surface area contributed by atoms with Gasteiger partial charge in [-0.1, -0.05) is 12.1 Å². The molecule has 29 heavy (non-hydrogen) atoms. The van der Waals surface area contributed by atoms with Crippen molar-refractivity contribution in [1.29, 1.82) is 0 Å². The molecule has 2 amide bonds. The molecule has 0 spiro atoms. The van der Waals surface area contributed by atoms with Gasteiger partial charge < -0.3 is 14.8 Å². The number of nitrogens with zero attached hydrogens (tertiary/aromatic N) is 2. The van der Waals surface area contributed by atoms with Crippen LogP contribution >= 0.6 is 0 Å². The van der Waals surface area contributed by atoms with Gasteiger partial charge >= 0.3 is 5.91 Å². The van der Waals surface area contributed by atoms with Crippen LogP contribution in [0.15, 0.2) is 52.7 Å². The summed E-state index contributed by atoms with van der Waals surface area (Å²) in [5.41, 5.74) is 2.59. The largest absolute Gasteiger partial charge is 0.495 e. The molecular formula is C19H18N4O6. The summed E-state index contributed by atoms with van der Waals surface area (Å²) in [5, 5.41) is 8.74. The number of amides is 2. The second-order valence-corrected chi connectivity index (χ2v) is 5.59. The van der Waals surface area contributed by atoms with E-state index < -0.39 is 23.3 Å². The van der Waals surface area contributed by atoms with E-state index in [1.165, 1.54) is 39.3 Å². The molecule has 0 aliphatic rings. The number of carbonyl (C=O) groups is 3. The summed E-state index contributed by atoms with van der Waals surface area (Å²) in [6, 6.07) is 10.7. The highest BCUT2D eigenvalue weighted by molar-refractivity contribution is 6.67. The van der Waals surface area contributed by atoms with Crippen molar-refractivity contribution >= 4 is 34.7 Å². The topological polar surface area (TPSA) is 136 Å². The highest BCUT2D eigenvalue weighted by atomic mass is 16.5. The number of nitrogens with one attached hydrogen (secondary N) is 2. The summed E-state index contributed by atoms with van der Waals surface area (Å²) in [4.78, 5) is 46.4. The number of hydrogen-bond donors (Lipinski definition) is 2. The Morgan fingerprint density at radius 1 is 0.931 bits per heavy atom. The van der Waals surface area contributed by atoms with Crippen molar-refractivity contribution in [3.63, 3.8) is 0 Å². The van der Waals surface area contributed by atoms with Crippen molar-refractivity contribution in [2.24, 2.45) is 10.3 Å². The lowest BCUT2D eigenvalue weighted by Crippen LogP contribution is -2.29. The van der Waals surface area contributed by atoms with E-state index in [4.69, 9.17) is 9.47 Å². The quantitative estimate of drug-likeness (QED) is 0.302. The molecule has 2 N–H and O–H groups in total. The summed E-state index contributed by atoms with van der Waals surface area (Å²) in [5.74, 6) is -1.68. The molecule has 0 saturated carbocycles. The number of nitroso groups, excluding NO2 is 1. The minimum atomic E-state index is -0.986. The third-order valence-corrected chi connectivity index (χ3v) is 3.72. The Kier molecular flexibility index (Phi) is 7.13. The minimum Gasteiger partial charge on any atom is -0.495 e. The van der Waals surface area contributed by atoms with Gasteiger partial charge in [0.2, 0.25) is 0 Å². The SMILES string of the molecule is COc1ccc(C(=O)N=O)cc1N/N=C(/C(C)=O)C(=O)Nc1ccccc1OC. The van der Waals surface area contributed by atoms with E-state index in [0.29, 0.717) is 11.4 Å². The van der Waals surface area contributed by atoms with Crippen molar-refractivity contribution < 1.29 is 23.9 Å². The highest BCUT2D eigenvalue weighted by Crippen LogP contribution is 2.26. The minimum absolute atomic E-state index is 0.0126. The molecule has 0 aliphatic carbocycles. The van der Waals surface area contributed by atoms with Gasteiger partial charge in [0.1, 0.15) is 11.5 Å². The summed E-state index contributed by atoms with van der Waals surface area (Å²) in [6.07, 6.45) is 0. The van der Waals surface area contributed by atoms with E-state index >= 15 is 0 Å². The molecule has 10 nitrogen and oxygen atoms in total. The van der Waals surface area contributed by atoms with Crippen LogP contribution in [0.2, 0.25) is 0 Å². The molecule has 10 heteroatoms. The van der Waals surface area contributed by atoms with E-state index in [0.717, 1.165) is 0 Å². The Hall–Kier alpha value is -4.08. The number of hydrazone groups is 1. The van der Waals surface area contributed by atoms with E-state index in [1.807, 2.05) is 0 Å². The lowest BCUT2D eigenvalue weighted by molar-refractivity contribution is -0.114. The molecule has 0 saturated heterocycles. The fraction of sp³-hybridized carbons (Fsp3) is 0.158. The number of hydrogen-bond acceptors (Lipinski definition) is 8. The Morgan fingerprint density at radius 2 is 1.59 bits per heavy atom. The molecule has 150 valence electrons. The molecule has 0 unspecified atom stereocenters. The standard InChI is InChI=1S/C19H18N4O6/c1-11(24)17(19(26)20-13-6-4-5-7-15(13)28-2)22-21-14-10-12(18(25)23-27)8-9-16(14)29-3/h4-10,21H,1-3H3,(H,20,26)/b22-17-. The summed E-state index contributed by atoms with van der Waals surface area (Å²) >= 11 is 0. The zero-order valence-corrected chi connectivity index (χ0v) is 15.9. The van der Waals surface area contributed by atoms with Crippen molar-refractivity contribution in [1.82, 2.24) is 0 Å². The first-order valence-corrected chi connectivity index (χ1v) is 8.26. The maximum Gasteiger partial charge on any atom is 0.316 e. The average Bonchev–Trinajstić information content (AvgIpc) is 2.73. The molecule has 0 bridgehead atoms. The van der Waals surface area contributed by atoms with Crippen LogP contribution in [0.5, 0.6) is 11.5 Å². The number of para-hydroxylation sites is 2. The first kappa shape index (κ1) is 21.2. The van der Waals surface area contributed by atoms with Crippen LogP contribution in [-0.2, 0) is 9.59 Å². The van der Waals surface area contributed by atoms with Crippen molar-refractivity contribution in [3.8, 4) is 11.5 Å². The number of methoxy groups -OCH3 is 2. The second kappa shape index (κ2) is 9.74. The summed E-state index contributed by atoms with van der Waals surface area (Å²) < 4.78 is 10.3. The lowest BCUT2D eigenvalue weighted by atomic mass is 10.2. The highest BCUT2D eigenvalue weighted by Gasteiger charge is 2.19. The van der Waals surface area contributed by atoms with E-state index in [9.17, 15) is 19.3 Å². The van der Waals surface area contributed by atoms with Crippen LogP contribution in [0.25, 0.3) is 0 Å². The van der Waals surface area contributed by atoms with Gasteiger partial charge in [-0.05, 0) is 30.3 Å². The molecule has 2 aromatic carbocycles. The van der Waals surface area contributed by atoms with Crippen molar-refractivity contribution in [2.75, 3.05) is 25.0 Å². The summed E-state index contributed by atoms with van der Waals surface area (Å²) in [7, 11) is 2.82. The maximum absolute atomic E-state index is 12.5. The van der Waals surface area contributed by atoms with Crippen LogP contribution < -0.4 is 20.2 Å². The van der Waals surface area contributed by atoms with E-state index in [-0.39, 0.29) is 17.0 Å². The Bertz CT molecular complexity index is 986. The molecule has 0 radical (unpaired) electrons. The van der Waals surface area contributed by atoms with Gasteiger partial charge in [-0.25, -0.2) is 0 Å². The molecule has 0 aliphatic heterocycles. The zero-order valence-electron chi connectivity index (χ0n) is 15.9. The number of anilines is 2. The predicted molar refractivity (Wildman–Crippen MR) is 106 cm³/mol. The number of benzene rings is 2. The van der Waals surface area contributed by atoms with Gasteiger partial charge in [-0.15, -0.1) is 4.91 Å². The third kappa shape index (κ3) is 5.22.